The Balaban J connectivity index is 1.71. The zero-order chi connectivity index (χ0) is 19.3. The zero-order valence-corrected chi connectivity index (χ0v) is 16.9. The normalized spacial score (nSPS) is 15.0. The summed E-state index contributed by atoms with van der Waals surface area (Å²) in [4.78, 5) is 8.36. The summed E-state index contributed by atoms with van der Waals surface area (Å²) in [6.07, 6.45) is 2.14. The Morgan fingerprint density at radius 2 is 1.93 bits per heavy atom. The third-order valence-corrected chi connectivity index (χ3v) is 6.52. The maximum atomic E-state index is 11.0. The van der Waals surface area contributed by atoms with Gasteiger partial charge in [-0.25, -0.2) is 4.98 Å². The second kappa shape index (κ2) is 6.79. The lowest BCUT2D eigenvalue weighted by atomic mass is 9.96. The number of halogens is 1. The van der Waals surface area contributed by atoms with Crippen LogP contribution in [0.2, 0.25) is 5.02 Å². The number of para-hydroxylation sites is 1. The van der Waals surface area contributed by atoms with Crippen molar-refractivity contribution in [1.82, 2.24) is 14.6 Å². The van der Waals surface area contributed by atoms with Crippen molar-refractivity contribution in [1.29, 1.82) is 0 Å². The Labute approximate surface area is 171 Å². The summed E-state index contributed by atoms with van der Waals surface area (Å²) < 4.78 is 1.54. The molecule has 0 fully saturated rings. The van der Waals surface area contributed by atoms with Gasteiger partial charge in [0.05, 0.1) is 10.9 Å². The van der Waals surface area contributed by atoms with Gasteiger partial charge in [-0.1, -0.05) is 53.3 Å². The molecule has 0 amide bonds. The van der Waals surface area contributed by atoms with Crippen LogP contribution in [-0.4, -0.2) is 26.2 Å². The third-order valence-electron chi connectivity index (χ3n) is 5.20. The van der Waals surface area contributed by atoms with Crippen LogP contribution in [0.15, 0.2) is 48.5 Å². The monoisotopic (exact) mass is 410 g/mol. The molecule has 0 spiro atoms. The minimum Gasteiger partial charge on any atom is -0.492 e. The second-order valence-electron chi connectivity index (χ2n) is 7.02. The van der Waals surface area contributed by atoms with Crippen LogP contribution >= 0.6 is 22.9 Å². The molecule has 28 heavy (non-hydrogen) atoms. The molecule has 0 saturated carbocycles. The van der Waals surface area contributed by atoms with Crippen LogP contribution in [0, 0.1) is 6.92 Å². The van der Waals surface area contributed by atoms with Gasteiger partial charge in [-0.15, -0.1) is 5.10 Å². The van der Waals surface area contributed by atoms with Gasteiger partial charge in [0, 0.05) is 17.3 Å². The van der Waals surface area contributed by atoms with Crippen molar-refractivity contribution in [3.8, 4) is 5.88 Å². The van der Waals surface area contributed by atoms with Crippen LogP contribution in [0.3, 0.4) is 0 Å². The van der Waals surface area contributed by atoms with E-state index in [1.807, 2.05) is 31.2 Å². The highest BCUT2D eigenvalue weighted by molar-refractivity contribution is 7.17. The fourth-order valence-electron chi connectivity index (χ4n) is 3.97. The Hall–Kier alpha value is -2.57. The van der Waals surface area contributed by atoms with Crippen LogP contribution in [0.5, 0.6) is 5.88 Å². The van der Waals surface area contributed by atoms with Crippen molar-refractivity contribution in [2.75, 3.05) is 11.4 Å². The lowest BCUT2D eigenvalue weighted by Gasteiger charge is -2.37. The molecule has 3 heterocycles. The zero-order valence-electron chi connectivity index (χ0n) is 15.3. The van der Waals surface area contributed by atoms with Gasteiger partial charge in [0.1, 0.15) is 5.82 Å². The highest BCUT2D eigenvalue weighted by Gasteiger charge is 2.32. The van der Waals surface area contributed by atoms with Gasteiger partial charge < -0.3 is 10.0 Å². The van der Waals surface area contributed by atoms with Crippen LogP contribution in [0.4, 0.5) is 5.69 Å². The molecule has 2 aromatic carbocycles. The predicted molar refractivity (Wildman–Crippen MR) is 113 cm³/mol. The first-order valence-electron chi connectivity index (χ1n) is 9.27. The lowest BCUT2D eigenvalue weighted by molar-refractivity contribution is 0.429. The summed E-state index contributed by atoms with van der Waals surface area (Å²) in [6.45, 7) is 2.74. The molecule has 1 N–H and O–H groups in total. The molecule has 1 unspecified atom stereocenters. The van der Waals surface area contributed by atoms with E-state index < -0.39 is 0 Å². The van der Waals surface area contributed by atoms with Crippen molar-refractivity contribution in [2.24, 2.45) is 0 Å². The molecule has 1 aliphatic heterocycles. The number of aromatic nitrogens is 3. The average molecular weight is 411 g/mol. The minimum atomic E-state index is -0.132. The van der Waals surface area contributed by atoms with Crippen molar-refractivity contribution in [2.45, 2.75) is 25.8 Å². The smallest absolute Gasteiger partial charge is 0.230 e. The minimum absolute atomic E-state index is 0.132. The molecule has 0 radical (unpaired) electrons. The lowest BCUT2D eigenvalue weighted by Crippen LogP contribution is -2.33. The first-order chi connectivity index (χ1) is 13.6. The van der Waals surface area contributed by atoms with Crippen LogP contribution in [-0.2, 0) is 6.42 Å². The van der Waals surface area contributed by atoms with Crippen molar-refractivity contribution in [3.05, 3.63) is 75.4 Å². The van der Waals surface area contributed by atoms with E-state index >= 15 is 0 Å². The summed E-state index contributed by atoms with van der Waals surface area (Å²) >= 11 is 7.63. The Morgan fingerprint density at radius 1 is 1.14 bits per heavy atom. The SMILES string of the molecule is Cc1nc2sc(C(c3ccc(Cl)cc3)N3CCCc4ccccc43)c(O)n2n1. The van der Waals surface area contributed by atoms with Crippen LogP contribution < -0.4 is 4.90 Å². The van der Waals surface area contributed by atoms with E-state index in [1.165, 1.54) is 27.1 Å². The molecule has 4 aromatic rings. The number of hydrogen-bond donors (Lipinski definition) is 1. The molecule has 2 aromatic heterocycles. The van der Waals surface area contributed by atoms with E-state index in [1.54, 1.807) is 0 Å². The molecule has 7 heteroatoms. The summed E-state index contributed by atoms with van der Waals surface area (Å²) in [5, 5.41) is 16.0. The maximum absolute atomic E-state index is 11.0. The number of thiazole rings is 1. The van der Waals surface area contributed by atoms with Gasteiger partial charge >= 0.3 is 0 Å². The van der Waals surface area contributed by atoms with E-state index in [2.05, 4.69) is 39.2 Å². The predicted octanol–water partition coefficient (Wildman–Crippen LogP) is 5.00. The van der Waals surface area contributed by atoms with E-state index in [-0.39, 0.29) is 11.9 Å². The Bertz CT molecular complexity index is 1150. The van der Waals surface area contributed by atoms with Gasteiger partial charge in [-0.3, -0.25) is 0 Å². The van der Waals surface area contributed by atoms with Crippen LogP contribution in [0.25, 0.3) is 4.96 Å². The summed E-state index contributed by atoms with van der Waals surface area (Å²) in [6, 6.07) is 16.2. The molecule has 5 nitrogen and oxygen atoms in total. The second-order valence-corrected chi connectivity index (χ2v) is 8.47. The molecular weight excluding hydrogens is 392 g/mol. The molecule has 1 atom stereocenters. The van der Waals surface area contributed by atoms with Crippen LogP contribution in [0.1, 0.15) is 34.3 Å². The molecule has 5 rings (SSSR count). The van der Waals surface area contributed by atoms with E-state index in [4.69, 9.17) is 11.6 Å². The Kier molecular flexibility index (Phi) is 4.25. The molecule has 142 valence electrons. The number of aryl methyl sites for hydroxylation is 2. The quantitative estimate of drug-likeness (QED) is 0.516. The van der Waals surface area contributed by atoms with Gasteiger partial charge in [0.25, 0.3) is 0 Å². The molecular formula is C21H19ClN4OS. The number of benzene rings is 2. The summed E-state index contributed by atoms with van der Waals surface area (Å²) in [5.41, 5.74) is 3.63. The molecule has 1 aliphatic rings. The average Bonchev–Trinajstić information content (AvgIpc) is 3.21. The number of hydrogen-bond acceptors (Lipinski definition) is 5. The third kappa shape index (κ3) is 2.84. The number of fused-ring (bicyclic) bond motifs is 2. The Morgan fingerprint density at radius 3 is 2.71 bits per heavy atom. The van der Waals surface area contributed by atoms with E-state index in [0.717, 1.165) is 29.8 Å². The fraction of sp³-hybridized carbons (Fsp3) is 0.238. The highest BCUT2D eigenvalue weighted by atomic mass is 35.5. The van der Waals surface area contributed by atoms with Crippen molar-refractivity contribution < 1.29 is 5.11 Å². The summed E-state index contributed by atoms with van der Waals surface area (Å²) in [5.74, 6) is 0.808. The number of anilines is 1. The first-order valence-corrected chi connectivity index (χ1v) is 10.5. The van der Waals surface area contributed by atoms with Gasteiger partial charge in [-0.05, 0) is 49.1 Å². The number of rotatable bonds is 3. The van der Waals surface area contributed by atoms with Crippen molar-refractivity contribution >= 4 is 33.6 Å². The van der Waals surface area contributed by atoms with E-state index in [0.29, 0.717) is 15.8 Å². The molecule has 0 bridgehead atoms. The van der Waals surface area contributed by atoms with Gasteiger partial charge in [0.15, 0.2) is 0 Å². The van der Waals surface area contributed by atoms with Gasteiger partial charge in [-0.2, -0.15) is 4.52 Å². The highest BCUT2D eigenvalue weighted by Crippen LogP contribution is 2.44. The number of aromatic hydroxyl groups is 1. The topological polar surface area (TPSA) is 53.7 Å². The van der Waals surface area contributed by atoms with Gasteiger partial charge in [0.2, 0.25) is 10.8 Å². The first kappa shape index (κ1) is 17.5. The largest absolute Gasteiger partial charge is 0.492 e. The molecule has 0 saturated heterocycles. The van der Waals surface area contributed by atoms with E-state index in [9.17, 15) is 5.11 Å². The summed E-state index contributed by atoms with van der Waals surface area (Å²) in [7, 11) is 0. The fourth-order valence-corrected chi connectivity index (χ4v) is 5.24. The standard InChI is InChI=1S/C21H19ClN4OS/c1-13-23-21-26(24-13)20(27)19(28-21)18(15-8-10-16(22)11-9-15)25-12-4-6-14-5-2-3-7-17(14)25/h2-3,5,7-11,18,27H,4,6,12H2,1H3. The number of nitrogens with zero attached hydrogens (tertiary/aromatic N) is 4. The maximum Gasteiger partial charge on any atom is 0.230 e. The van der Waals surface area contributed by atoms with Crippen molar-refractivity contribution in [3.63, 3.8) is 0 Å². The molecule has 0 aliphatic carbocycles.